The van der Waals surface area contributed by atoms with Crippen LogP contribution in [0.1, 0.15) is 101 Å². The number of aliphatic hydroxyl groups excluding tert-OH is 1. The van der Waals surface area contributed by atoms with Crippen LogP contribution in [0.4, 0.5) is 0 Å². The van der Waals surface area contributed by atoms with Crippen molar-refractivity contribution in [2.75, 3.05) is 0 Å². The molecule has 4 nitrogen and oxygen atoms in total. The summed E-state index contributed by atoms with van der Waals surface area (Å²) in [5.74, 6) is 0.457. The van der Waals surface area contributed by atoms with Gasteiger partial charge in [0, 0.05) is 33.6 Å². The summed E-state index contributed by atoms with van der Waals surface area (Å²) in [6, 6.07) is 2.01. The summed E-state index contributed by atoms with van der Waals surface area (Å²) >= 11 is 0. The van der Waals surface area contributed by atoms with E-state index < -0.39 is 6.23 Å². The number of nitrogens with one attached hydrogen (secondary N) is 1. The zero-order valence-electron chi connectivity index (χ0n) is 24.3. The van der Waals surface area contributed by atoms with Gasteiger partial charge in [0.2, 0.25) is 0 Å². The van der Waals surface area contributed by atoms with E-state index in [-0.39, 0.29) is 6.10 Å². The lowest BCUT2D eigenvalue weighted by Gasteiger charge is -2.48. The maximum atomic E-state index is 10.6. The largest absolute Gasteiger partial charge is 0.379 e. The Labute approximate surface area is 220 Å². The van der Waals surface area contributed by atoms with Gasteiger partial charge in [0.25, 0.3) is 0 Å². The number of allylic oxidation sites excluding steroid dienone is 5. The molecule has 1 fully saturated rings. The minimum atomic E-state index is -0.411. The number of hydrogen-bond donors (Lipinski definition) is 2. The van der Waals surface area contributed by atoms with E-state index in [1.54, 1.807) is 6.08 Å². The molecule has 1 heterocycles. The second kappa shape index (κ2) is 19.4. The first-order valence-corrected chi connectivity index (χ1v) is 14.3. The van der Waals surface area contributed by atoms with Crippen LogP contribution in [0.5, 0.6) is 0 Å². The summed E-state index contributed by atoms with van der Waals surface area (Å²) in [4.78, 5) is 2.71. The summed E-state index contributed by atoms with van der Waals surface area (Å²) in [6.45, 7) is 23.1. The fourth-order valence-corrected chi connectivity index (χ4v) is 5.26. The molecule has 0 saturated carbocycles. The number of piperidine rings is 1. The van der Waals surface area contributed by atoms with E-state index in [9.17, 15) is 5.11 Å². The number of nitrogens with zero attached hydrogens (tertiary/aromatic N) is 1. The van der Waals surface area contributed by atoms with Crippen molar-refractivity contribution in [3.8, 4) is 0 Å². The fraction of sp³-hybridized carbons (Fsp3) is 0.733. The molecule has 1 aliphatic heterocycles. The SMILES string of the molecule is C=CC(C)OP.CC.CC/C=C(\C)C(C)N1C(C)CC(NC(O)CC2C=CC=C(C)C2)CC1CC. The molecule has 0 aromatic carbocycles. The topological polar surface area (TPSA) is 44.7 Å². The Hall–Kier alpha value is -0.770. The summed E-state index contributed by atoms with van der Waals surface area (Å²) in [7, 11) is 2.17. The molecule has 0 spiro atoms. The maximum absolute atomic E-state index is 10.6. The van der Waals surface area contributed by atoms with Crippen molar-refractivity contribution in [1.82, 2.24) is 10.2 Å². The van der Waals surface area contributed by atoms with Gasteiger partial charge in [-0.05, 0) is 79.1 Å². The predicted octanol–water partition coefficient (Wildman–Crippen LogP) is 7.58. The Bertz CT molecular complexity index is 661. The van der Waals surface area contributed by atoms with Crippen LogP contribution in [0, 0.1) is 5.92 Å². The zero-order chi connectivity index (χ0) is 27.0. The first-order chi connectivity index (χ1) is 16.7. The minimum Gasteiger partial charge on any atom is -0.379 e. The lowest BCUT2D eigenvalue weighted by molar-refractivity contribution is 0.0233. The van der Waals surface area contributed by atoms with Gasteiger partial charge in [-0.25, -0.2) is 0 Å². The van der Waals surface area contributed by atoms with Gasteiger partial charge in [-0.15, -0.1) is 6.58 Å². The molecule has 0 amide bonds. The molecule has 8 atom stereocenters. The number of likely N-dealkylation sites (tertiary alicyclic amines) is 1. The van der Waals surface area contributed by atoms with Gasteiger partial charge >= 0.3 is 0 Å². The quantitative estimate of drug-likeness (QED) is 0.181. The van der Waals surface area contributed by atoms with Gasteiger partial charge in [-0.3, -0.25) is 10.2 Å². The van der Waals surface area contributed by atoms with Crippen molar-refractivity contribution in [3.05, 3.63) is 48.1 Å². The molecule has 5 heteroatoms. The van der Waals surface area contributed by atoms with Crippen molar-refractivity contribution in [2.45, 2.75) is 137 Å². The van der Waals surface area contributed by atoms with Gasteiger partial charge in [-0.2, -0.15) is 0 Å². The lowest BCUT2D eigenvalue weighted by atomic mass is 9.87. The highest BCUT2D eigenvalue weighted by atomic mass is 31.0. The van der Waals surface area contributed by atoms with Crippen LogP contribution in [0.3, 0.4) is 0 Å². The Balaban J connectivity index is 0.00000126. The van der Waals surface area contributed by atoms with Crippen molar-refractivity contribution in [2.24, 2.45) is 5.92 Å². The molecule has 2 aliphatic rings. The van der Waals surface area contributed by atoms with E-state index >= 15 is 0 Å². The summed E-state index contributed by atoms with van der Waals surface area (Å²) in [5, 5.41) is 14.2. The third kappa shape index (κ3) is 12.8. The summed E-state index contributed by atoms with van der Waals surface area (Å²) in [6.07, 6.45) is 16.8. The monoisotopic (exact) mass is 508 g/mol. The van der Waals surface area contributed by atoms with E-state index in [1.807, 2.05) is 20.8 Å². The standard InChI is InChI=1S/C24H42N2O.C4H9OP.C2H6/c1-7-10-18(4)20(6)26-19(5)14-22(16-23(26)8-2)25-24(27)15-21-12-9-11-17(3)13-21;1-3-4(2)5-6;1-2/h9-12,19-25,27H,7-8,13-16H2,1-6H3;3-4H,1,6H2,2H3;1-2H3/b18-10+;;. The van der Waals surface area contributed by atoms with Crippen LogP contribution in [-0.2, 0) is 4.52 Å². The Morgan fingerprint density at radius 3 is 2.46 bits per heavy atom. The number of aliphatic hydroxyl groups is 1. The van der Waals surface area contributed by atoms with Gasteiger partial charge in [0.15, 0.2) is 0 Å². The molecule has 204 valence electrons. The van der Waals surface area contributed by atoms with Crippen LogP contribution in [-0.4, -0.2) is 46.5 Å². The second-order valence-electron chi connectivity index (χ2n) is 9.92. The molecule has 1 saturated heterocycles. The minimum absolute atomic E-state index is 0.162. The third-order valence-electron chi connectivity index (χ3n) is 7.07. The zero-order valence-corrected chi connectivity index (χ0v) is 25.4. The van der Waals surface area contributed by atoms with Crippen LogP contribution < -0.4 is 5.32 Å². The van der Waals surface area contributed by atoms with Gasteiger partial charge in [0.1, 0.15) is 6.23 Å². The first-order valence-electron chi connectivity index (χ1n) is 13.9. The van der Waals surface area contributed by atoms with E-state index in [0.717, 1.165) is 38.5 Å². The van der Waals surface area contributed by atoms with Gasteiger partial charge < -0.3 is 9.63 Å². The van der Waals surface area contributed by atoms with E-state index in [4.69, 9.17) is 4.52 Å². The van der Waals surface area contributed by atoms with Gasteiger partial charge in [0.05, 0.1) is 6.10 Å². The van der Waals surface area contributed by atoms with Crippen LogP contribution in [0.15, 0.2) is 48.1 Å². The van der Waals surface area contributed by atoms with Crippen LogP contribution >= 0.6 is 9.47 Å². The number of rotatable bonds is 10. The highest BCUT2D eigenvalue weighted by molar-refractivity contribution is 7.09. The smallest absolute Gasteiger partial charge is 0.105 e. The molecule has 0 aromatic heterocycles. The Morgan fingerprint density at radius 2 is 1.97 bits per heavy atom. The lowest BCUT2D eigenvalue weighted by Crippen LogP contribution is -2.57. The van der Waals surface area contributed by atoms with E-state index in [1.165, 1.54) is 11.1 Å². The molecule has 0 aromatic rings. The van der Waals surface area contributed by atoms with Crippen molar-refractivity contribution < 1.29 is 9.63 Å². The number of hydrogen-bond acceptors (Lipinski definition) is 4. The molecule has 35 heavy (non-hydrogen) atoms. The third-order valence-corrected chi connectivity index (χ3v) is 7.49. The fourth-order valence-electron chi connectivity index (χ4n) is 5.15. The maximum Gasteiger partial charge on any atom is 0.105 e. The molecular weight excluding hydrogens is 451 g/mol. The van der Waals surface area contributed by atoms with Crippen LogP contribution in [0.25, 0.3) is 0 Å². The van der Waals surface area contributed by atoms with Crippen molar-refractivity contribution in [1.29, 1.82) is 0 Å². The molecule has 2 N–H and O–H groups in total. The molecular formula is C30H57N2O2P. The summed E-state index contributed by atoms with van der Waals surface area (Å²) in [5.41, 5.74) is 2.90. The second-order valence-corrected chi connectivity index (χ2v) is 10.2. The molecule has 0 radical (unpaired) electrons. The average Bonchev–Trinajstić information content (AvgIpc) is 2.84. The van der Waals surface area contributed by atoms with E-state index in [0.29, 0.717) is 30.1 Å². The first kappa shape index (κ1) is 34.2. The predicted molar refractivity (Wildman–Crippen MR) is 158 cm³/mol. The van der Waals surface area contributed by atoms with Crippen LogP contribution in [0.2, 0.25) is 0 Å². The average molecular weight is 509 g/mol. The molecule has 8 unspecified atom stereocenters. The van der Waals surface area contributed by atoms with E-state index in [2.05, 4.69) is 92.1 Å². The van der Waals surface area contributed by atoms with Crippen molar-refractivity contribution >= 4 is 9.47 Å². The molecule has 2 rings (SSSR count). The highest BCUT2D eigenvalue weighted by Gasteiger charge is 2.36. The molecule has 0 bridgehead atoms. The normalized spacial score (nSPS) is 27.4. The van der Waals surface area contributed by atoms with Gasteiger partial charge in [-0.1, -0.05) is 69.2 Å². The summed E-state index contributed by atoms with van der Waals surface area (Å²) < 4.78 is 4.70. The Morgan fingerprint density at radius 1 is 1.31 bits per heavy atom. The van der Waals surface area contributed by atoms with Crippen molar-refractivity contribution in [3.63, 3.8) is 0 Å². The Kier molecular flexibility index (Phi) is 18.9. The molecule has 1 aliphatic carbocycles. The highest BCUT2D eigenvalue weighted by Crippen LogP contribution is 2.30.